The molecule has 0 saturated carbocycles. The Hall–Kier alpha value is -0.700. The number of nitrogens with zero attached hydrogens (tertiary/aromatic N) is 3. The Kier molecular flexibility index (Phi) is 7.05. The summed E-state index contributed by atoms with van der Waals surface area (Å²) in [5, 5.41) is 8.97. The van der Waals surface area contributed by atoms with Gasteiger partial charge in [-0.05, 0) is 39.9 Å². The molecule has 0 bridgehead atoms. The van der Waals surface area contributed by atoms with Crippen molar-refractivity contribution in [2.24, 2.45) is 5.92 Å². The Labute approximate surface area is 127 Å². The molecule has 1 rings (SSSR count). The van der Waals surface area contributed by atoms with E-state index in [1.54, 1.807) is 0 Å². The third kappa shape index (κ3) is 5.21. The van der Waals surface area contributed by atoms with E-state index in [1.807, 2.05) is 25.9 Å². The number of hydrogen-bond acceptors (Lipinski definition) is 4. The van der Waals surface area contributed by atoms with E-state index in [1.165, 1.54) is 8.61 Å². The SMILES string of the molecule is CCN(CCCN(C)C)S(=O)(=O)N1CCC(C(=O)O)CC1. The van der Waals surface area contributed by atoms with Gasteiger partial charge in [-0.3, -0.25) is 4.79 Å². The molecule has 0 aromatic heterocycles. The molecule has 21 heavy (non-hydrogen) atoms. The van der Waals surface area contributed by atoms with Crippen LogP contribution in [-0.4, -0.2) is 79.8 Å². The average Bonchev–Trinajstić information content (AvgIpc) is 2.43. The molecule has 0 amide bonds. The zero-order valence-corrected chi connectivity index (χ0v) is 14.0. The fraction of sp³-hybridized carbons (Fsp3) is 0.923. The smallest absolute Gasteiger partial charge is 0.306 e. The van der Waals surface area contributed by atoms with Crippen LogP contribution in [0, 0.1) is 5.92 Å². The Morgan fingerprint density at radius 1 is 1.24 bits per heavy atom. The van der Waals surface area contributed by atoms with E-state index in [-0.39, 0.29) is 0 Å². The van der Waals surface area contributed by atoms with Crippen LogP contribution in [0.5, 0.6) is 0 Å². The van der Waals surface area contributed by atoms with E-state index in [0.29, 0.717) is 39.0 Å². The molecule has 1 N–H and O–H groups in total. The lowest BCUT2D eigenvalue weighted by molar-refractivity contribution is -0.142. The van der Waals surface area contributed by atoms with Crippen LogP contribution < -0.4 is 0 Å². The van der Waals surface area contributed by atoms with E-state index in [2.05, 4.69) is 0 Å². The quantitative estimate of drug-likeness (QED) is 0.695. The Balaban J connectivity index is 2.60. The maximum Gasteiger partial charge on any atom is 0.306 e. The highest BCUT2D eigenvalue weighted by molar-refractivity contribution is 7.86. The summed E-state index contributed by atoms with van der Waals surface area (Å²) >= 11 is 0. The molecule has 0 atom stereocenters. The Morgan fingerprint density at radius 3 is 2.24 bits per heavy atom. The molecule has 0 spiro atoms. The summed E-state index contributed by atoms with van der Waals surface area (Å²) in [7, 11) is 0.454. The van der Waals surface area contributed by atoms with Crippen molar-refractivity contribution < 1.29 is 18.3 Å². The maximum atomic E-state index is 12.6. The summed E-state index contributed by atoms with van der Waals surface area (Å²) in [4.78, 5) is 12.9. The van der Waals surface area contributed by atoms with Gasteiger partial charge in [-0.25, -0.2) is 0 Å². The molecular formula is C13H27N3O4S. The minimum absolute atomic E-state index is 0.295. The zero-order chi connectivity index (χ0) is 16.0. The topological polar surface area (TPSA) is 81.2 Å². The first-order valence-electron chi connectivity index (χ1n) is 7.41. The molecular weight excluding hydrogens is 294 g/mol. The lowest BCUT2D eigenvalue weighted by Gasteiger charge is -2.33. The number of aliphatic carboxylic acids is 1. The lowest BCUT2D eigenvalue weighted by atomic mass is 9.99. The van der Waals surface area contributed by atoms with Gasteiger partial charge in [0.15, 0.2) is 0 Å². The molecule has 0 unspecified atom stereocenters. The molecule has 0 aromatic carbocycles. The van der Waals surface area contributed by atoms with Gasteiger partial charge < -0.3 is 10.0 Å². The second kappa shape index (κ2) is 8.07. The monoisotopic (exact) mass is 321 g/mol. The summed E-state index contributed by atoms with van der Waals surface area (Å²) in [6, 6.07) is 0. The van der Waals surface area contributed by atoms with Gasteiger partial charge in [0.25, 0.3) is 10.2 Å². The maximum absolute atomic E-state index is 12.6. The lowest BCUT2D eigenvalue weighted by Crippen LogP contribution is -2.48. The van der Waals surface area contributed by atoms with Crippen molar-refractivity contribution in [3.63, 3.8) is 0 Å². The largest absolute Gasteiger partial charge is 0.481 e. The van der Waals surface area contributed by atoms with Gasteiger partial charge in [0.2, 0.25) is 0 Å². The minimum Gasteiger partial charge on any atom is -0.481 e. The van der Waals surface area contributed by atoms with E-state index < -0.39 is 22.1 Å². The molecule has 7 nitrogen and oxygen atoms in total. The molecule has 0 aliphatic carbocycles. The van der Waals surface area contributed by atoms with Gasteiger partial charge in [0.05, 0.1) is 5.92 Å². The van der Waals surface area contributed by atoms with Crippen molar-refractivity contribution in [1.29, 1.82) is 0 Å². The number of hydrogen-bond donors (Lipinski definition) is 1. The number of carboxylic acids is 1. The van der Waals surface area contributed by atoms with Crippen LogP contribution in [0.2, 0.25) is 0 Å². The van der Waals surface area contributed by atoms with Crippen LogP contribution in [0.4, 0.5) is 0 Å². The van der Waals surface area contributed by atoms with Crippen molar-refractivity contribution in [2.45, 2.75) is 26.2 Å². The van der Waals surface area contributed by atoms with E-state index in [9.17, 15) is 13.2 Å². The Morgan fingerprint density at radius 2 is 1.81 bits per heavy atom. The second-order valence-electron chi connectivity index (χ2n) is 5.67. The number of piperidine rings is 1. The zero-order valence-electron chi connectivity index (χ0n) is 13.2. The van der Waals surface area contributed by atoms with Gasteiger partial charge in [-0.2, -0.15) is 17.0 Å². The number of carbonyl (C=O) groups is 1. The van der Waals surface area contributed by atoms with Gasteiger partial charge in [-0.15, -0.1) is 0 Å². The Bertz CT molecular complexity index is 431. The third-order valence-corrected chi connectivity index (χ3v) is 5.93. The second-order valence-corrected chi connectivity index (χ2v) is 7.60. The molecule has 0 radical (unpaired) electrons. The summed E-state index contributed by atoms with van der Waals surface area (Å²) in [6.07, 6.45) is 1.57. The first-order valence-corrected chi connectivity index (χ1v) is 8.81. The molecule has 1 aliphatic rings. The molecule has 0 aromatic rings. The summed E-state index contributed by atoms with van der Waals surface area (Å²) in [5.74, 6) is -1.24. The molecule has 124 valence electrons. The predicted molar refractivity (Wildman–Crippen MR) is 81.3 cm³/mol. The first kappa shape index (κ1) is 18.3. The van der Waals surface area contributed by atoms with Crippen molar-refractivity contribution >= 4 is 16.2 Å². The van der Waals surface area contributed by atoms with Crippen molar-refractivity contribution in [3.05, 3.63) is 0 Å². The van der Waals surface area contributed by atoms with Crippen LogP contribution in [0.25, 0.3) is 0 Å². The predicted octanol–water partition coefficient (Wildman–Crippen LogP) is 0.301. The standard InChI is InChI=1S/C13H27N3O4S/c1-4-15(9-5-8-14(2)3)21(19,20)16-10-6-12(7-11-16)13(17)18/h12H,4-11H2,1-3H3,(H,17,18). The first-order chi connectivity index (χ1) is 9.78. The van der Waals surface area contributed by atoms with Gasteiger partial charge in [0, 0.05) is 26.2 Å². The summed E-state index contributed by atoms with van der Waals surface area (Å²) < 4.78 is 28.0. The van der Waals surface area contributed by atoms with Gasteiger partial charge in [0.1, 0.15) is 0 Å². The van der Waals surface area contributed by atoms with Crippen LogP contribution in [-0.2, 0) is 15.0 Å². The molecule has 8 heteroatoms. The van der Waals surface area contributed by atoms with Crippen molar-refractivity contribution in [3.8, 4) is 0 Å². The van der Waals surface area contributed by atoms with E-state index in [4.69, 9.17) is 5.11 Å². The fourth-order valence-electron chi connectivity index (χ4n) is 2.50. The highest BCUT2D eigenvalue weighted by Crippen LogP contribution is 2.21. The van der Waals surface area contributed by atoms with Crippen LogP contribution in [0.15, 0.2) is 0 Å². The van der Waals surface area contributed by atoms with E-state index >= 15 is 0 Å². The normalized spacial score (nSPS) is 18.5. The number of rotatable bonds is 8. The van der Waals surface area contributed by atoms with Crippen LogP contribution in [0.1, 0.15) is 26.2 Å². The minimum atomic E-state index is -3.47. The van der Waals surface area contributed by atoms with Crippen LogP contribution >= 0.6 is 0 Å². The highest BCUT2D eigenvalue weighted by atomic mass is 32.2. The van der Waals surface area contributed by atoms with Gasteiger partial charge in [-0.1, -0.05) is 6.92 Å². The molecule has 1 aliphatic heterocycles. The highest BCUT2D eigenvalue weighted by Gasteiger charge is 2.33. The molecule has 1 saturated heterocycles. The average molecular weight is 321 g/mol. The summed E-state index contributed by atoms with van der Waals surface area (Å²) in [5.41, 5.74) is 0. The van der Waals surface area contributed by atoms with E-state index in [0.717, 1.165) is 13.0 Å². The summed E-state index contributed by atoms with van der Waals surface area (Å²) in [6.45, 7) is 4.20. The molecule has 1 heterocycles. The van der Waals surface area contributed by atoms with Crippen molar-refractivity contribution in [1.82, 2.24) is 13.5 Å². The van der Waals surface area contributed by atoms with Gasteiger partial charge >= 0.3 is 5.97 Å². The molecule has 1 fully saturated rings. The third-order valence-electron chi connectivity index (χ3n) is 3.82. The number of carboxylic acid groups (broad SMARTS) is 1. The van der Waals surface area contributed by atoms with Crippen molar-refractivity contribution in [2.75, 3.05) is 46.8 Å². The fourth-order valence-corrected chi connectivity index (χ4v) is 4.18. The van der Waals surface area contributed by atoms with Crippen LogP contribution in [0.3, 0.4) is 0 Å².